The topological polar surface area (TPSA) is 50.2 Å². The zero-order chi connectivity index (χ0) is 20.1. The molecule has 0 aliphatic heterocycles. The third-order valence-corrected chi connectivity index (χ3v) is 4.01. The van der Waals surface area contributed by atoms with E-state index in [2.05, 4.69) is 70.2 Å². The average molecular weight is 553 g/mol. The van der Waals surface area contributed by atoms with Gasteiger partial charge in [0.25, 0.3) is 0 Å². The van der Waals surface area contributed by atoms with Crippen LogP contribution in [0.15, 0.2) is 48.2 Å². The quantitative estimate of drug-likeness (QED) is 0.242. The van der Waals surface area contributed by atoms with Crippen molar-refractivity contribution in [3.63, 3.8) is 0 Å². The van der Waals surface area contributed by atoms with Crippen LogP contribution in [0.5, 0.6) is 0 Å². The van der Waals surface area contributed by atoms with E-state index in [4.69, 9.17) is 10.1 Å². The summed E-state index contributed by atoms with van der Waals surface area (Å²) in [7, 11) is 0. The summed E-state index contributed by atoms with van der Waals surface area (Å²) in [5.41, 5.74) is 8.06. The van der Waals surface area contributed by atoms with Crippen LogP contribution in [-0.4, -0.2) is 15.9 Å². The second-order valence-corrected chi connectivity index (χ2v) is 7.00. The van der Waals surface area contributed by atoms with Gasteiger partial charge in [0.05, 0.1) is 11.3 Å². The van der Waals surface area contributed by atoms with Crippen LogP contribution < -0.4 is 0 Å². The number of carbonyl (C=O) groups excluding carboxylic acids is 1. The zero-order valence-corrected chi connectivity index (χ0v) is 19.6. The molecule has 3 aromatic rings. The first kappa shape index (κ1) is 23.7. The van der Waals surface area contributed by atoms with Crippen molar-refractivity contribution in [1.82, 2.24) is 4.98 Å². The molecule has 2 aromatic carbocycles. The monoisotopic (exact) mass is 553 g/mol. The number of aryl methyl sites for hydroxylation is 4. The molecular formula is C24H26IrNO2-. The molecule has 0 atom stereocenters. The van der Waals surface area contributed by atoms with Crippen LogP contribution >= 0.6 is 0 Å². The molecule has 0 saturated heterocycles. The normalized spacial score (nSPS) is 10.7. The minimum atomic E-state index is -0.125. The Kier molecular flexibility index (Phi) is 8.74. The van der Waals surface area contributed by atoms with Crippen molar-refractivity contribution in [1.29, 1.82) is 0 Å². The smallest absolute Gasteiger partial charge is 0.155 e. The summed E-state index contributed by atoms with van der Waals surface area (Å²) in [5.74, 6) is -0.0625. The van der Waals surface area contributed by atoms with Gasteiger partial charge in [-0.05, 0) is 50.6 Å². The van der Waals surface area contributed by atoms with Crippen LogP contribution in [0.2, 0.25) is 0 Å². The molecule has 1 aromatic heterocycles. The van der Waals surface area contributed by atoms with Gasteiger partial charge in [-0.2, -0.15) is 0 Å². The van der Waals surface area contributed by atoms with Crippen molar-refractivity contribution in [3.8, 4) is 11.3 Å². The van der Waals surface area contributed by atoms with Gasteiger partial charge in [-0.1, -0.05) is 32.0 Å². The average Bonchev–Trinajstić information content (AvgIpc) is 2.52. The number of hydrogen-bond acceptors (Lipinski definition) is 3. The molecule has 3 rings (SSSR count). The Balaban J connectivity index is 0.000000425. The van der Waals surface area contributed by atoms with E-state index in [0.717, 1.165) is 22.3 Å². The van der Waals surface area contributed by atoms with E-state index in [1.165, 1.54) is 42.0 Å². The summed E-state index contributed by atoms with van der Waals surface area (Å²) in [6.07, 6.45) is 1.17. The number of ketones is 1. The van der Waals surface area contributed by atoms with Crippen LogP contribution in [0.25, 0.3) is 22.2 Å². The maximum atomic E-state index is 10.0. The summed E-state index contributed by atoms with van der Waals surface area (Å²) in [4.78, 5) is 14.8. The Bertz CT molecular complexity index is 998. The summed E-state index contributed by atoms with van der Waals surface area (Å²) >= 11 is 0. The SMILES string of the molecule is CC(=O)C=C(C)O.Cc1[c-]c(-c2cc(C)c3ccc(C)cc3n2)cc(C)c1.[Ir]. The van der Waals surface area contributed by atoms with Crippen molar-refractivity contribution >= 4 is 16.7 Å². The number of benzene rings is 2. The number of aromatic nitrogens is 1. The fraction of sp³-hybridized carbons (Fsp3) is 0.250. The third-order valence-electron chi connectivity index (χ3n) is 4.01. The molecule has 4 heteroatoms. The van der Waals surface area contributed by atoms with Gasteiger partial charge in [0.15, 0.2) is 5.78 Å². The molecule has 3 nitrogen and oxygen atoms in total. The van der Waals surface area contributed by atoms with E-state index in [-0.39, 0.29) is 31.6 Å². The van der Waals surface area contributed by atoms with E-state index in [9.17, 15) is 4.79 Å². The number of nitrogens with zero attached hydrogens (tertiary/aromatic N) is 1. The number of fused-ring (bicyclic) bond motifs is 1. The second-order valence-electron chi connectivity index (χ2n) is 7.00. The Morgan fingerprint density at radius 3 is 2.21 bits per heavy atom. The van der Waals surface area contributed by atoms with Crippen molar-refractivity contribution in [3.05, 3.63) is 76.6 Å². The predicted octanol–water partition coefficient (Wildman–Crippen LogP) is 5.97. The molecule has 0 saturated carbocycles. The van der Waals surface area contributed by atoms with E-state index < -0.39 is 0 Å². The minimum absolute atomic E-state index is 0. The standard InChI is InChI=1S/C19H18N.C5H8O2.Ir/c1-12-5-6-17-15(4)11-18(20-19(17)10-12)16-8-13(2)7-14(3)9-16;1-4(6)3-5(2)7;/h5-8,10-11H,1-4H3;3,6H,1-2H3;/q-1;;. The molecule has 1 N–H and O–H groups in total. The second kappa shape index (κ2) is 10.3. The summed E-state index contributed by atoms with van der Waals surface area (Å²) in [6.45, 7) is 11.3. The largest absolute Gasteiger partial charge is 0.512 e. The molecule has 0 fully saturated rings. The number of allylic oxidation sites excluding steroid dienone is 2. The van der Waals surface area contributed by atoms with Gasteiger partial charge in [0.2, 0.25) is 0 Å². The van der Waals surface area contributed by atoms with E-state index in [1.807, 2.05) is 0 Å². The van der Waals surface area contributed by atoms with Crippen molar-refractivity contribution in [2.24, 2.45) is 0 Å². The Morgan fingerprint density at radius 1 is 1.00 bits per heavy atom. The Morgan fingerprint density at radius 2 is 1.68 bits per heavy atom. The van der Waals surface area contributed by atoms with Gasteiger partial charge in [0.1, 0.15) is 0 Å². The van der Waals surface area contributed by atoms with E-state index in [1.54, 1.807) is 0 Å². The summed E-state index contributed by atoms with van der Waals surface area (Å²) in [5, 5.41) is 9.59. The molecular weight excluding hydrogens is 526 g/mol. The van der Waals surface area contributed by atoms with Gasteiger partial charge < -0.3 is 5.11 Å². The molecule has 0 aliphatic rings. The van der Waals surface area contributed by atoms with Crippen molar-refractivity contribution in [2.45, 2.75) is 41.5 Å². The van der Waals surface area contributed by atoms with Gasteiger partial charge in [-0.15, -0.1) is 34.9 Å². The number of carbonyl (C=O) groups is 1. The Hall–Kier alpha value is -2.29. The molecule has 1 radical (unpaired) electrons. The number of pyridine rings is 1. The molecule has 149 valence electrons. The van der Waals surface area contributed by atoms with Gasteiger partial charge >= 0.3 is 0 Å². The molecule has 0 bridgehead atoms. The fourth-order valence-corrected chi connectivity index (χ4v) is 2.98. The third kappa shape index (κ3) is 6.70. The number of hydrogen-bond donors (Lipinski definition) is 1. The molecule has 0 spiro atoms. The Labute approximate surface area is 180 Å². The number of aliphatic hydroxyl groups excluding tert-OH is 1. The zero-order valence-electron chi connectivity index (χ0n) is 17.2. The number of rotatable bonds is 2. The molecule has 0 amide bonds. The first-order valence-electron chi connectivity index (χ1n) is 8.92. The van der Waals surface area contributed by atoms with Crippen LogP contribution in [-0.2, 0) is 24.9 Å². The maximum absolute atomic E-state index is 10.0. The van der Waals surface area contributed by atoms with Gasteiger partial charge in [-0.25, -0.2) is 0 Å². The molecule has 28 heavy (non-hydrogen) atoms. The minimum Gasteiger partial charge on any atom is -0.512 e. The fourth-order valence-electron chi connectivity index (χ4n) is 2.98. The molecule has 0 aliphatic carbocycles. The van der Waals surface area contributed by atoms with Crippen LogP contribution in [0.4, 0.5) is 0 Å². The molecule has 1 heterocycles. The van der Waals surface area contributed by atoms with Crippen molar-refractivity contribution in [2.75, 3.05) is 0 Å². The summed E-state index contributed by atoms with van der Waals surface area (Å²) in [6, 6.07) is 16.3. The van der Waals surface area contributed by atoms with Crippen LogP contribution in [0.3, 0.4) is 0 Å². The van der Waals surface area contributed by atoms with Crippen molar-refractivity contribution < 1.29 is 30.0 Å². The summed E-state index contributed by atoms with van der Waals surface area (Å²) < 4.78 is 0. The van der Waals surface area contributed by atoms with E-state index >= 15 is 0 Å². The molecule has 0 unspecified atom stereocenters. The predicted molar refractivity (Wildman–Crippen MR) is 112 cm³/mol. The first-order chi connectivity index (χ1) is 12.7. The van der Waals surface area contributed by atoms with Gasteiger partial charge in [-0.3, -0.25) is 9.78 Å². The van der Waals surface area contributed by atoms with Crippen LogP contribution in [0.1, 0.15) is 36.1 Å². The maximum Gasteiger partial charge on any atom is 0.155 e. The van der Waals surface area contributed by atoms with Gasteiger partial charge in [0, 0.05) is 31.6 Å². The first-order valence-corrected chi connectivity index (χ1v) is 8.92. The van der Waals surface area contributed by atoms with E-state index in [0.29, 0.717) is 0 Å². The van der Waals surface area contributed by atoms with Crippen LogP contribution in [0, 0.1) is 33.8 Å². The number of aliphatic hydroxyl groups is 1.